The second kappa shape index (κ2) is 5.31. The van der Waals surface area contributed by atoms with E-state index in [0.717, 1.165) is 0 Å². The van der Waals surface area contributed by atoms with Gasteiger partial charge in [-0.2, -0.15) is 0 Å². The molecule has 0 radical (unpaired) electrons. The lowest BCUT2D eigenvalue weighted by atomic mass is 9.91. The predicted molar refractivity (Wildman–Crippen MR) is 77.0 cm³/mol. The molecule has 3 rings (SSSR count). The van der Waals surface area contributed by atoms with Crippen molar-refractivity contribution in [3.05, 3.63) is 59.3 Å². The van der Waals surface area contributed by atoms with Crippen molar-refractivity contribution in [1.29, 1.82) is 0 Å². The van der Waals surface area contributed by atoms with E-state index in [1.165, 1.54) is 25.3 Å². The number of phenols is 2. The highest BCUT2D eigenvalue weighted by Gasteiger charge is 2.35. The largest absolute Gasteiger partial charge is 0.506 e. The summed E-state index contributed by atoms with van der Waals surface area (Å²) in [6.45, 7) is 0. The van der Waals surface area contributed by atoms with Crippen LogP contribution in [0.1, 0.15) is 11.7 Å². The van der Waals surface area contributed by atoms with Gasteiger partial charge in [0.15, 0.2) is 23.0 Å². The lowest BCUT2D eigenvalue weighted by Crippen LogP contribution is -2.26. The van der Waals surface area contributed by atoms with E-state index in [2.05, 4.69) is 0 Å². The molecule has 116 valence electrons. The van der Waals surface area contributed by atoms with Crippen LogP contribution in [0.25, 0.3) is 0 Å². The number of aromatic hydroxyl groups is 2. The maximum Gasteiger partial charge on any atom is 0.164 e. The quantitative estimate of drug-likeness (QED) is 0.493. The molecule has 1 aromatic carbocycles. The molecule has 4 N–H and O–H groups in total. The highest BCUT2D eigenvalue weighted by atomic mass is 16.5. The summed E-state index contributed by atoms with van der Waals surface area (Å²) >= 11 is 0. The zero-order valence-corrected chi connectivity index (χ0v) is 11.8. The maximum atomic E-state index is 9.84. The molecule has 6 heteroatoms. The predicted octanol–water partition coefficient (Wildman–Crippen LogP) is 2.02. The topological polar surface area (TPSA) is 99.4 Å². The molecular weight excluding hydrogens is 288 g/mol. The van der Waals surface area contributed by atoms with Gasteiger partial charge >= 0.3 is 0 Å². The minimum Gasteiger partial charge on any atom is -0.506 e. The van der Waals surface area contributed by atoms with Gasteiger partial charge in [-0.3, -0.25) is 0 Å². The molecule has 22 heavy (non-hydrogen) atoms. The summed E-state index contributed by atoms with van der Waals surface area (Å²) in [7, 11) is 1.42. The summed E-state index contributed by atoms with van der Waals surface area (Å²) < 4.78 is 11.0. The van der Waals surface area contributed by atoms with Gasteiger partial charge in [-0.15, -0.1) is 0 Å². The molecule has 0 amide bonds. The zero-order valence-electron chi connectivity index (χ0n) is 11.8. The number of ether oxygens (including phenoxy) is 2. The van der Waals surface area contributed by atoms with Gasteiger partial charge < -0.3 is 29.9 Å². The van der Waals surface area contributed by atoms with Crippen LogP contribution in [0.15, 0.2) is 53.7 Å². The van der Waals surface area contributed by atoms with Crippen molar-refractivity contribution in [2.24, 2.45) is 5.92 Å². The van der Waals surface area contributed by atoms with E-state index in [-0.39, 0.29) is 23.0 Å². The number of aliphatic hydroxyl groups excluding tert-OH is 2. The molecular formula is C16H16O6. The molecule has 0 saturated heterocycles. The molecule has 3 atom stereocenters. The van der Waals surface area contributed by atoms with Crippen LogP contribution in [0.5, 0.6) is 11.5 Å². The van der Waals surface area contributed by atoms with Crippen LogP contribution >= 0.6 is 0 Å². The Bertz CT molecular complexity index is 688. The van der Waals surface area contributed by atoms with Gasteiger partial charge in [-0.1, -0.05) is 12.1 Å². The van der Waals surface area contributed by atoms with Gasteiger partial charge in [-0.05, 0) is 24.3 Å². The fraction of sp³-hybridized carbons (Fsp3) is 0.250. The number of methoxy groups -OCH3 is 1. The number of hydrogen-bond acceptors (Lipinski definition) is 6. The van der Waals surface area contributed by atoms with E-state index in [4.69, 9.17) is 9.47 Å². The van der Waals surface area contributed by atoms with Crippen molar-refractivity contribution in [1.82, 2.24) is 0 Å². The minimum atomic E-state index is -1.18. The molecule has 1 heterocycles. The first kappa shape index (κ1) is 14.3. The van der Waals surface area contributed by atoms with Crippen molar-refractivity contribution in [3.8, 4) is 11.5 Å². The Morgan fingerprint density at radius 3 is 2.55 bits per heavy atom. The van der Waals surface area contributed by atoms with E-state index in [9.17, 15) is 20.4 Å². The van der Waals surface area contributed by atoms with Crippen molar-refractivity contribution in [2.75, 3.05) is 7.11 Å². The van der Waals surface area contributed by atoms with Gasteiger partial charge in [0.2, 0.25) is 0 Å². The average Bonchev–Trinajstić information content (AvgIpc) is 2.51. The molecule has 0 spiro atoms. The van der Waals surface area contributed by atoms with Crippen LogP contribution in [-0.2, 0) is 9.47 Å². The lowest BCUT2D eigenvalue weighted by Gasteiger charge is -2.32. The summed E-state index contributed by atoms with van der Waals surface area (Å²) in [5, 5.41) is 38.6. The highest BCUT2D eigenvalue weighted by Crippen LogP contribution is 2.40. The molecule has 6 nitrogen and oxygen atoms in total. The fourth-order valence-electron chi connectivity index (χ4n) is 2.59. The van der Waals surface area contributed by atoms with Crippen LogP contribution in [0.2, 0.25) is 0 Å². The smallest absolute Gasteiger partial charge is 0.164 e. The Balaban J connectivity index is 1.93. The third kappa shape index (κ3) is 2.27. The van der Waals surface area contributed by atoms with Crippen LogP contribution in [0.4, 0.5) is 0 Å². The third-order valence-corrected chi connectivity index (χ3v) is 3.73. The first-order chi connectivity index (χ1) is 10.5. The summed E-state index contributed by atoms with van der Waals surface area (Å²) in [5.41, 5.74) is 0.651. The summed E-state index contributed by atoms with van der Waals surface area (Å²) in [5.74, 6) is -0.358. The van der Waals surface area contributed by atoms with E-state index < -0.39 is 18.1 Å². The SMILES string of the molecule is COC1=C(O)C(O)C=C2OC(c3ccc(O)c(O)c3)C=CC21. The molecule has 1 aliphatic carbocycles. The Morgan fingerprint density at radius 2 is 1.86 bits per heavy atom. The van der Waals surface area contributed by atoms with E-state index in [1.807, 2.05) is 0 Å². The molecule has 0 bridgehead atoms. The van der Waals surface area contributed by atoms with Crippen LogP contribution in [0.3, 0.4) is 0 Å². The molecule has 0 saturated carbocycles. The van der Waals surface area contributed by atoms with Crippen molar-refractivity contribution in [2.45, 2.75) is 12.2 Å². The number of phenolic OH excluding ortho intramolecular Hbond substituents is 2. The Hall–Kier alpha value is -2.60. The standard InChI is InChI=1S/C16H16O6/c1-21-16-9-3-5-13(8-2-4-10(17)11(18)6-8)22-14(9)7-12(19)15(16)20/h2-7,9,12-13,17-20H,1H3. The number of benzene rings is 1. The second-order valence-electron chi connectivity index (χ2n) is 5.12. The number of fused-ring (bicyclic) bond motifs is 1. The van der Waals surface area contributed by atoms with Crippen molar-refractivity contribution >= 4 is 0 Å². The molecule has 3 unspecified atom stereocenters. The zero-order chi connectivity index (χ0) is 15.9. The normalized spacial score (nSPS) is 27.0. The van der Waals surface area contributed by atoms with Gasteiger partial charge in [-0.25, -0.2) is 0 Å². The first-order valence-corrected chi connectivity index (χ1v) is 6.75. The molecule has 0 fully saturated rings. The Labute approximate surface area is 126 Å². The third-order valence-electron chi connectivity index (χ3n) is 3.73. The maximum absolute atomic E-state index is 9.84. The molecule has 2 aliphatic rings. The van der Waals surface area contributed by atoms with Gasteiger partial charge in [0.05, 0.1) is 13.0 Å². The summed E-state index contributed by atoms with van der Waals surface area (Å²) in [4.78, 5) is 0. The minimum absolute atomic E-state index is 0.205. The molecule has 0 aromatic heterocycles. The summed E-state index contributed by atoms with van der Waals surface area (Å²) in [6.07, 6.45) is 3.32. The fourth-order valence-corrected chi connectivity index (χ4v) is 2.59. The van der Waals surface area contributed by atoms with E-state index in [1.54, 1.807) is 18.2 Å². The van der Waals surface area contributed by atoms with Gasteiger partial charge in [0.25, 0.3) is 0 Å². The number of aliphatic hydroxyl groups is 2. The Kier molecular flexibility index (Phi) is 3.46. The highest BCUT2D eigenvalue weighted by molar-refractivity contribution is 5.43. The molecule has 1 aromatic rings. The monoisotopic (exact) mass is 304 g/mol. The van der Waals surface area contributed by atoms with E-state index >= 15 is 0 Å². The van der Waals surface area contributed by atoms with Crippen LogP contribution in [0, 0.1) is 5.92 Å². The lowest BCUT2D eigenvalue weighted by molar-refractivity contribution is 0.0836. The van der Waals surface area contributed by atoms with E-state index in [0.29, 0.717) is 11.3 Å². The Morgan fingerprint density at radius 1 is 1.09 bits per heavy atom. The van der Waals surface area contributed by atoms with Gasteiger partial charge in [0.1, 0.15) is 18.0 Å². The van der Waals surface area contributed by atoms with Crippen LogP contribution in [-0.4, -0.2) is 33.6 Å². The average molecular weight is 304 g/mol. The second-order valence-corrected chi connectivity index (χ2v) is 5.12. The number of rotatable bonds is 2. The van der Waals surface area contributed by atoms with Gasteiger partial charge in [0, 0.05) is 5.56 Å². The first-order valence-electron chi connectivity index (χ1n) is 6.75. The van der Waals surface area contributed by atoms with Crippen LogP contribution < -0.4 is 0 Å². The number of hydrogen-bond donors (Lipinski definition) is 4. The van der Waals surface area contributed by atoms with Crippen molar-refractivity contribution in [3.63, 3.8) is 0 Å². The summed E-state index contributed by atoms with van der Waals surface area (Å²) in [6, 6.07) is 4.42. The van der Waals surface area contributed by atoms with Crippen molar-refractivity contribution < 1.29 is 29.9 Å². The molecule has 1 aliphatic heterocycles.